The molecule has 2 aromatic rings. The highest BCUT2D eigenvalue weighted by atomic mass is 32.2. The van der Waals surface area contributed by atoms with Gasteiger partial charge in [0.1, 0.15) is 11.6 Å². The van der Waals surface area contributed by atoms with Gasteiger partial charge in [-0.1, -0.05) is 11.8 Å². The summed E-state index contributed by atoms with van der Waals surface area (Å²) in [5.74, 6) is 0.981. The molecule has 0 fully saturated rings. The number of hydrogen-bond donors (Lipinski definition) is 1. The molecule has 0 bridgehead atoms. The van der Waals surface area contributed by atoms with Gasteiger partial charge in [-0.05, 0) is 25.1 Å². The number of carbonyl (C=O) groups excluding carboxylic acids is 1. The predicted octanol–water partition coefficient (Wildman–Crippen LogP) is 2.17. The number of nitriles is 1. The molecule has 0 unspecified atom stereocenters. The first-order valence-electron chi connectivity index (χ1n) is 7.08. The first-order valence-corrected chi connectivity index (χ1v) is 8.07. The van der Waals surface area contributed by atoms with Gasteiger partial charge < -0.3 is 19.6 Å². The standard InChI is InChI=1S/C16H16N4O4S/c1-9(18)11(7-17)12(21)8-25-16-20-19-15(24-16)10-4-5-13(22-2)14(6-10)23-3/h4-6H,8,18H2,1-3H3. The van der Waals surface area contributed by atoms with Crippen LogP contribution in [0.2, 0.25) is 0 Å². The third-order valence-electron chi connectivity index (χ3n) is 3.15. The minimum atomic E-state index is -0.390. The van der Waals surface area contributed by atoms with Crippen molar-refractivity contribution >= 4 is 17.5 Å². The molecular weight excluding hydrogens is 344 g/mol. The molecule has 8 nitrogen and oxygen atoms in total. The average molecular weight is 360 g/mol. The van der Waals surface area contributed by atoms with Crippen LogP contribution in [0.1, 0.15) is 6.92 Å². The number of carbonyl (C=O) groups is 1. The number of nitrogens with zero attached hydrogens (tertiary/aromatic N) is 3. The molecule has 0 amide bonds. The molecule has 25 heavy (non-hydrogen) atoms. The van der Waals surface area contributed by atoms with Crippen molar-refractivity contribution in [3.63, 3.8) is 0 Å². The maximum Gasteiger partial charge on any atom is 0.277 e. The largest absolute Gasteiger partial charge is 0.493 e. The molecule has 1 heterocycles. The average Bonchev–Trinajstić information content (AvgIpc) is 3.08. The molecule has 9 heteroatoms. The van der Waals surface area contributed by atoms with Crippen LogP contribution in [0.25, 0.3) is 11.5 Å². The number of rotatable bonds is 7. The van der Waals surface area contributed by atoms with Crippen LogP contribution in [0.15, 0.2) is 39.1 Å². The van der Waals surface area contributed by atoms with E-state index >= 15 is 0 Å². The summed E-state index contributed by atoms with van der Waals surface area (Å²) in [6.45, 7) is 1.50. The third kappa shape index (κ3) is 4.30. The van der Waals surface area contributed by atoms with E-state index in [-0.39, 0.29) is 28.1 Å². The summed E-state index contributed by atoms with van der Waals surface area (Å²) < 4.78 is 15.9. The second-order valence-corrected chi connectivity index (χ2v) is 5.75. The van der Waals surface area contributed by atoms with Crippen molar-refractivity contribution in [3.05, 3.63) is 29.5 Å². The maximum absolute atomic E-state index is 11.9. The minimum absolute atomic E-state index is 0.0228. The van der Waals surface area contributed by atoms with Gasteiger partial charge in [0.15, 0.2) is 17.3 Å². The molecule has 0 aliphatic rings. The zero-order chi connectivity index (χ0) is 18.4. The molecular formula is C16H16N4O4S. The monoisotopic (exact) mass is 360 g/mol. The molecule has 1 aromatic heterocycles. The maximum atomic E-state index is 11.9. The SMILES string of the molecule is COc1ccc(-c2nnc(SCC(=O)C(C#N)=C(C)N)o2)cc1OC. The molecule has 2 N–H and O–H groups in total. The summed E-state index contributed by atoms with van der Waals surface area (Å²) in [7, 11) is 3.07. The molecule has 0 aliphatic carbocycles. The lowest BCUT2D eigenvalue weighted by Crippen LogP contribution is -2.10. The molecule has 130 valence electrons. The minimum Gasteiger partial charge on any atom is -0.493 e. The van der Waals surface area contributed by atoms with Crippen LogP contribution in [0, 0.1) is 11.3 Å². The number of methoxy groups -OCH3 is 2. The van der Waals surface area contributed by atoms with Gasteiger partial charge in [-0.25, -0.2) is 0 Å². The summed E-state index contributed by atoms with van der Waals surface area (Å²) in [6, 6.07) is 6.98. The number of Topliss-reactive ketones (excluding diaryl/α,β-unsaturated/α-hetero) is 1. The van der Waals surface area contributed by atoms with Gasteiger partial charge in [0.05, 0.1) is 20.0 Å². The molecule has 2 rings (SSSR count). The first-order chi connectivity index (χ1) is 12.0. The van der Waals surface area contributed by atoms with Crippen molar-refractivity contribution in [2.75, 3.05) is 20.0 Å². The number of thioether (sulfide) groups is 1. The van der Waals surface area contributed by atoms with Crippen LogP contribution >= 0.6 is 11.8 Å². The zero-order valence-corrected chi connectivity index (χ0v) is 14.7. The summed E-state index contributed by atoms with van der Waals surface area (Å²) in [4.78, 5) is 11.9. The Hall–Kier alpha value is -2.99. The number of allylic oxidation sites excluding steroid dienone is 2. The molecule has 0 spiro atoms. The Morgan fingerprint density at radius 1 is 1.32 bits per heavy atom. The number of hydrogen-bond acceptors (Lipinski definition) is 9. The van der Waals surface area contributed by atoms with Gasteiger partial charge >= 0.3 is 0 Å². The van der Waals surface area contributed by atoms with Crippen molar-refractivity contribution in [1.29, 1.82) is 5.26 Å². The van der Waals surface area contributed by atoms with Gasteiger partial charge in [-0.3, -0.25) is 4.79 Å². The van der Waals surface area contributed by atoms with Crippen LogP contribution in [-0.2, 0) is 4.79 Å². The molecule has 0 saturated carbocycles. The van der Waals surface area contributed by atoms with E-state index in [0.29, 0.717) is 17.1 Å². The van der Waals surface area contributed by atoms with Crippen molar-refractivity contribution < 1.29 is 18.7 Å². The van der Waals surface area contributed by atoms with Gasteiger partial charge in [0.25, 0.3) is 5.22 Å². The van der Waals surface area contributed by atoms with Crippen LogP contribution < -0.4 is 15.2 Å². The number of aromatic nitrogens is 2. The van der Waals surface area contributed by atoms with Crippen LogP contribution in [0.5, 0.6) is 11.5 Å². The van der Waals surface area contributed by atoms with Crippen molar-refractivity contribution in [1.82, 2.24) is 10.2 Å². The van der Waals surface area contributed by atoms with Gasteiger partial charge in [-0.15, -0.1) is 10.2 Å². The quantitative estimate of drug-likeness (QED) is 0.449. The Bertz CT molecular complexity index is 850. The van der Waals surface area contributed by atoms with Crippen molar-refractivity contribution in [2.45, 2.75) is 12.1 Å². The fraction of sp³-hybridized carbons (Fsp3) is 0.250. The van der Waals surface area contributed by atoms with E-state index in [9.17, 15) is 4.79 Å². The second kappa shape index (κ2) is 8.21. The van der Waals surface area contributed by atoms with E-state index in [1.54, 1.807) is 31.4 Å². The molecule has 0 atom stereocenters. The highest BCUT2D eigenvalue weighted by molar-refractivity contribution is 7.99. The normalized spacial score (nSPS) is 11.4. The Kier molecular flexibility index (Phi) is 6.03. The van der Waals surface area contributed by atoms with E-state index in [2.05, 4.69) is 10.2 Å². The Balaban J connectivity index is 2.12. The molecule has 0 radical (unpaired) electrons. The van der Waals surface area contributed by atoms with Crippen LogP contribution in [0.4, 0.5) is 0 Å². The van der Waals surface area contributed by atoms with E-state index in [4.69, 9.17) is 24.9 Å². The van der Waals surface area contributed by atoms with E-state index in [0.717, 1.165) is 11.8 Å². The predicted molar refractivity (Wildman–Crippen MR) is 91.1 cm³/mol. The zero-order valence-electron chi connectivity index (χ0n) is 13.9. The van der Waals surface area contributed by atoms with E-state index in [1.807, 2.05) is 0 Å². The second-order valence-electron chi connectivity index (χ2n) is 4.82. The van der Waals surface area contributed by atoms with E-state index in [1.165, 1.54) is 14.0 Å². The first kappa shape index (κ1) is 18.4. The van der Waals surface area contributed by atoms with Gasteiger partial charge in [-0.2, -0.15) is 5.26 Å². The Morgan fingerprint density at radius 2 is 2.04 bits per heavy atom. The molecule has 0 saturated heterocycles. The fourth-order valence-corrected chi connectivity index (χ4v) is 2.56. The lowest BCUT2D eigenvalue weighted by atomic mass is 10.2. The summed E-state index contributed by atoms with van der Waals surface area (Å²) in [6.07, 6.45) is 0. The lowest BCUT2D eigenvalue weighted by Gasteiger charge is -2.07. The van der Waals surface area contributed by atoms with Crippen molar-refractivity contribution in [3.8, 4) is 29.0 Å². The van der Waals surface area contributed by atoms with Crippen LogP contribution in [-0.4, -0.2) is 36.0 Å². The van der Waals surface area contributed by atoms with E-state index < -0.39 is 5.78 Å². The summed E-state index contributed by atoms with van der Waals surface area (Å²) >= 11 is 1.04. The number of nitrogens with two attached hydrogens (primary N) is 1. The number of benzene rings is 1. The summed E-state index contributed by atoms with van der Waals surface area (Å²) in [5.41, 5.74) is 6.28. The number of ether oxygens (including phenoxy) is 2. The third-order valence-corrected chi connectivity index (χ3v) is 3.97. The number of ketones is 1. The Labute approximate surface area is 148 Å². The highest BCUT2D eigenvalue weighted by Gasteiger charge is 2.16. The van der Waals surface area contributed by atoms with Crippen molar-refractivity contribution in [2.24, 2.45) is 5.73 Å². The highest BCUT2D eigenvalue weighted by Crippen LogP contribution is 2.32. The smallest absolute Gasteiger partial charge is 0.277 e. The van der Waals surface area contributed by atoms with Crippen LogP contribution in [0.3, 0.4) is 0 Å². The van der Waals surface area contributed by atoms with Gasteiger partial charge in [0.2, 0.25) is 5.89 Å². The topological polar surface area (TPSA) is 124 Å². The summed E-state index contributed by atoms with van der Waals surface area (Å²) in [5, 5.41) is 17.0. The molecule has 0 aliphatic heterocycles. The lowest BCUT2D eigenvalue weighted by molar-refractivity contribution is -0.112. The fourth-order valence-electron chi connectivity index (χ4n) is 1.92. The molecule has 1 aromatic carbocycles. The Morgan fingerprint density at radius 3 is 2.64 bits per heavy atom. The van der Waals surface area contributed by atoms with Gasteiger partial charge in [0, 0.05) is 11.3 Å².